The second-order valence-electron chi connectivity index (χ2n) is 4.93. The van der Waals surface area contributed by atoms with Crippen LogP contribution < -0.4 is 5.32 Å². The molecule has 5 nitrogen and oxygen atoms in total. The van der Waals surface area contributed by atoms with Crippen LogP contribution in [0.1, 0.15) is 39.5 Å². The number of hydrogen-bond donors (Lipinski definition) is 3. The van der Waals surface area contributed by atoms with Crippen molar-refractivity contribution in [2.45, 2.75) is 45.6 Å². The molecule has 18 heavy (non-hydrogen) atoms. The summed E-state index contributed by atoms with van der Waals surface area (Å²) in [5, 5.41) is 20.7. The average Bonchev–Trinajstić information content (AvgIpc) is 2.37. The van der Waals surface area contributed by atoms with Crippen LogP contribution in [-0.2, 0) is 9.59 Å². The van der Waals surface area contributed by atoms with Gasteiger partial charge in [-0.3, -0.25) is 4.79 Å². The van der Waals surface area contributed by atoms with Crippen molar-refractivity contribution >= 4 is 11.9 Å². The largest absolute Gasteiger partial charge is 0.478 e. The molecule has 1 aliphatic carbocycles. The van der Waals surface area contributed by atoms with E-state index in [9.17, 15) is 9.59 Å². The lowest BCUT2D eigenvalue weighted by Crippen LogP contribution is -2.38. The molecule has 5 heteroatoms. The second kappa shape index (κ2) is 6.54. The van der Waals surface area contributed by atoms with Crippen molar-refractivity contribution in [1.82, 2.24) is 5.32 Å². The highest BCUT2D eigenvalue weighted by Gasteiger charge is 2.23. The summed E-state index contributed by atoms with van der Waals surface area (Å²) in [5.41, 5.74) is 0.336. The zero-order chi connectivity index (χ0) is 13.7. The molecule has 0 atom stereocenters. The highest BCUT2D eigenvalue weighted by molar-refractivity contribution is 6.01. The van der Waals surface area contributed by atoms with Crippen LogP contribution in [0.5, 0.6) is 0 Å². The SMILES string of the molecule is CC(C(=O)O)=C(C)C(=O)NC1CCC(CO)CC1. The number of aliphatic hydroxyl groups is 1. The number of nitrogens with one attached hydrogen (secondary N) is 1. The van der Waals surface area contributed by atoms with Crippen molar-refractivity contribution in [2.75, 3.05) is 6.61 Å². The Morgan fingerprint density at radius 3 is 2.11 bits per heavy atom. The molecular formula is C13H21NO4. The highest BCUT2D eigenvalue weighted by Crippen LogP contribution is 2.23. The first kappa shape index (κ1) is 14.7. The standard InChI is InChI=1S/C13H21NO4/c1-8(9(2)13(17)18)12(16)14-11-5-3-10(7-15)4-6-11/h10-11,15H,3-7H2,1-2H3,(H,14,16)(H,17,18). The van der Waals surface area contributed by atoms with Crippen molar-refractivity contribution in [3.63, 3.8) is 0 Å². The average molecular weight is 255 g/mol. The van der Waals surface area contributed by atoms with Crippen molar-refractivity contribution < 1.29 is 19.8 Å². The van der Waals surface area contributed by atoms with Gasteiger partial charge in [0.15, 0.2) is 0 Å². The molecule has 0 heterocycles. The van der Waals surface area contributed by atoms with E-state index in [4.69, 9.17) is 10.2 Å². The number of carbonyl (C=O) groups excluding carboxylic acids is 1. The second-order valence-corrected chi connectivity index (χ2v) is 4.93. The summed E-state index contributed by atoms with van der Waals surface area (Å²) < 4.78 is 0. The van der Waals surface area contributed by atoms with Crippen LogP contribution >= 0.6 is 0 Å². The lowest BCUT2D eigenvalue weighted by Gasteiger charge is -2.28. The Bertz CT molecular complexity index is 354. The highest BCUT2D eigenvalue weighted by atomic mass is 16.4. The summed E-state index contributed by atoms with van der Waals surface area (Å²) in [5.74, 6) is -1.02. The Morgan fingerprint density at radius 2 is 1.67 bits per heavy atom. The van der Waals surface area contributed by atoms with Gasteiger partial charge in [0, 0.05) is 23.8 Å². The Morgan fingerprint density at radius 1 is 1.11 bits per heavy atom. The van der Waals surface area contributed by atoms with Gasteiger partial charge in [0.1, 0.15) is 0 Å². The molecule has 0 aromatic heterocycles. The fourth-order valence-electron chi connectivity index (χ4n) is 2.11. The number of carboxylic acid groups (broad SMARTS) is 1. The molecule has 0 unspecified atom stereocenters. The quantitative estimate of drug-likeness (QED) is 0.656. The van der Waals surface area contributed by atoms with Crippen LogP contribution in [0, 0.1) is 5.92 Å². The van der Waals surface area contributed by atoms with Gasteiger partial charge in [0.05, 0.1) is 0 Å². The fraction of sp³-hybridized carbons (Fsp3) is 0.692. The van der Waals surface area contributed by atoms with Gasteiger partial charge < -0.3 is 15.5 Å². The van der Waals surface area contributed by atoms with Crippen LogP contribution in [0.4, 0.5) is 0 Å². The van der Waals surface area contributed by atoms with Crippen LogP contribution in [0.15, 0.2) is 11.1 Å². The topological polar surface area (TPSA) is 86.6 Å². The summed E-state index contributed by atoms with van der Waals surface area (Å²) >= 11 is 0. The molecule has 0 bridgehead atoms. The van der Waals surface area contributed by atoms with Gasteiger partial charge in [-0.25, -0.2) is 4.79 Å². The maximum Gasteiger partial charge on any atom is 0.331 e. The van der Waals surface area contributed by atoms with Gasteiger partial charge in [0.25, 0.3) is 0 Å². The van der Waals surface area contributed by atoms with Crippen molar-refractivity contribution in [3.8, 4) is 0 Å². The van der Waals surface area contributed by atoms with Crippen LogP contribution in [-0.4, -0.2) is 34.7 Å². The fourth-order valence-corrected chi connectivity index (χ4v) is 2.11. The first-order valence-electron chi connectivity index (χ1n) is 6.28. The first-order valence-corrected chi connectivity index (χ1v) is 6.28. The number of hydrogen-bond acceptors (Lipinski definition) is 3. The van der Waals surface area contributed by atoms with E-state index in [0.717, 1.165) is 25.7 Å². The van der Waals surface area contributed by atoms with Gasteiger partial charge >= 0.3 is 5.97 Å². The van der Waals surface area contributed by atoms with Gasteiger partial charge in [-0.15, -0.1) is 0 Å². The Hall–Kier alpha value is -1.36. The van der Waals surface area contributed by atoms with E-state index in [2.05, 4.69) is 5.32 Å². The number of rotatable bonds is 4. The van der Waals surface area contributed by atoms with Crippen molar-refractivity contribution in [1.29, 1.82) is 0 Å². The summed E-state index contributed by atoms with van der Waals surface area (Å²) in [6, 6.07) is 0.0943. The third kappa shape index (κ3) is 3.84. The third-order valence-corrected chi connectivity index (χ3v) is 3.66. The molecule has 1 rings (SSSR count). The van der Waals surface area contributed by atoms with E-state index in [-0.39, 0.29) is 29.7 Å². The van der Waals surface area contributed by atoms with E-state index in [0.29, 0.717) is 5.92 Å². The third-order valence-electron chi connectivity index (χ3n) is 3.66. The monoisotopic (exact) mass is 255 g/mol. The Balaban J connectivity index is 2.51. The molecule has 1 fully saturated rings. The molecule has 0 saturated heterocycles. The minimum absolute atomic E-state index is 0.0801. The van der Waals surface area contributed by atoms with E-state index in [1.807, 2.05) is 0 Å². The van der Waals surface area contributed by atoms with Crippen molar-refractivity contribution in [2.24, 2.45) is 5.92 Å². The normalized spacial score (nSPS) is 25.3. The van der Waals surface area contributed by atoms with Crippen LogP contribution in [0.2, 0.25) is 0 Å². The number of amides is 1. The smallest absolute Gasteiger partial charge is 0.331 e. The van der Waals surface area contributed by atoms with Crippen LogP contribution in [0.25, 0.3) is 0 Å². The Labute approximate surface area is 107 Å². The molecule has 0 aliphatic heterocycles. The van der Waals surface area contributed by atoms with Gasteiger partial charge in [-0.05, 0) is 45.4 Å². The molecular weight excluding hydrogens is 234 g/mol. The summed E-state index contributed by atoms with van der Waals surface area (Å²) in [6.07, 6.45) is 3.50. The van der Waals surface area contributed by atoms with Gasteiger partial charge in [0.2, 0.25) is 5.91 Å². The zero-order valence-electron chi connectivity index (χ0n) is 10.9. The first-order chi connectivity index (χ1) is 8.45. The zero-order valence-corrected chi connectivity index (χ0v) is 10.9. The maximum atomic E-state index is 11.8. The molecule has 1 saturated carbocycles. The lowest BCUT2D eigenvalue weighted by atomic mass is 9.86. The summed E-state index contributed by atoms with van der Waals surface area (Å²) in [7, 11) is 0. The lowest BCUT2D eigenvalue weighted by molar-refractivity contribution is -0.133. The summed E-state index contributed by atoms with van der Waals surface area (Å²) in [6.45, 7) is 3.16. The number of carbonyl (C=O) groups is 2. The van der Waals surface area contributed by atoms with Gasteiger partial charge in [-0.1, -0.05) is 0 Å². The maximum absolute atomic E-state index is 11.8. The van der Waals surface area contributed by atoms with Crippen molar-refractivity contribution in [3.05, 3.63) is 11.1 Å². The molecule has 1 aliphatic rings. The molecule has 0 radical (unpaired) electrons. The predicted molar refractivity (Wildman–Crippen MR) is 67.0 cm³/mol. The molecule has 0 aromatic carbocycles. The minimum Gasteiger partial charge on any atom is -0.478 e. The van der Waals surface area contributed by atoms with E-state index in [1.165, 1.54) is 13.8 Å². The molecule has 3 N–H and O–H groups in total. The molecule has 0 aromatic rings. The minimum atomic E-state index is -1.06. The molecule has 102 valence electrons. The van der Waals surface area contributed by atoms with E-state index < -0.39 is 5.97 Å². The predicted octanol–water partition coefficient (Wildman–Crippen LogP) is 1.07. The summed E-state index contributed by atoms with van der Waals surface area (Å²) in [4.78, 5) is 22.6. The molecule has 0 spiro atoms. The van der Waals surface area contributed by atoms with Crippen LogP contribution in [0.3, 0.4) is 0 Å². The molecule has 1 amide bonds. The Kier molecular flexibility index (Phi) is 5.34. The van der Waals surface area contributed by atoms with E-state index >= 15 is 0 Å². The van der Waals surface area contributed by atoms with Gasteiger partial charge in [-0.2, -0.15) is 0 Å². The number of aliphatic hydroxyl groups excluding tert-OH is 1. The number of aliphatic carboxylic acids is 1. The number of carboxylic acids is 1. The van der Waals surface area contributed by atoms with E-state index in [1.54, 1.807) is 0 Å².